The van der Waals surface area contributed by atoms with Crippen LogP contribution in [0.25, 0.3) is 0 Å². The highest BCUT2D eigenvalue weighted by Crippen LogP contribution is 2.08. The van der Waals surface area contributed by atoms with E-state index in [1.807, 2.05) is 34.9 Å². The predicted molar refractivity (Wildman–Crippen MR) is 77.7 cm³/mol. The Kier molecular flexibility index (Phi) is 7.48. The van der Waals surface area contributed by atoms with E-state index in [-0.39, 0.29) is 11.9 Å². The fourth-order valence-electron chi connectivity index (χ4n) is 2.08. The number of hydrogen-bond acceptors (Lipinski definition) is 3. The van der Waals surface area contributed by atoms with Crippen molar-refractivity contribution < 1.29 is 4.79 Å². The Bertz CT molecular complexity index is 239. The van der Waals surface area contributed by atoms with Crippen molar-refractivity contribution in [1.29, 1.82) is 0 Å². The second-order valence-corrected chi connectivity index (χ2v) is 6.22. The summed E-state index contributed by atoms with van der Waals surface area (Å²) in [6.45, 7) is 11.9. The van der Waals surface area contributed by atoms with Gasteiger partial charge < -0.3 is 15.5 Å². The molecule has 0 spiro atoms. The van der Waals surface area contributed by atoms with E-state index in [1.165, 1.54) is 0 Å². The van der Waals surface area contributed by atoms with Crippen LogP contribution in [-0.4, -0.2) is 49.6 Å². The quantitative estimate of drug-likeness (QED) is 0.692. The third-order valence-corrected chi connectivity index (χ3v) is 2.86. The lowest BCUT2D eigenvalue weighted by Gasteiger charge is -2.30. The van der Waals surface area contributed by atoms with Crippen LogP contribution in [0.1, 0.15) is 41.0 Å². The molecule has 1 amide bonds. The largest absolute Gasteiger partial charge is 0.350 e. The van der Waals surface area contributed by atoms with E-state index >= 15 is 0 Å². The van der Waals surface area contributed by atoms with Gasteiger partial charge in [-0.1, -0.05) is 20.8 Å². The molecule has 0 rings (SSSR count). The van der Waals surface area contributed by atoms with Gasteiger partial charge in [0.05, 0.1) is 5.54 Å². The maximum atomic E-state index is 12.2. The number of hydrogen-bond donors (Lipinski definition) is 2. The lowest BCUT2D eigenvalue weighted by atomic mass is 10.00. The smallest absolute Gasteiger partial charge is 0.239 e. The van der Waals surface area contributed by atoms with E-state index in [0.717, 1.165) is 19.5 Å². The number of nitrogens with zero attached hydrogens (tertiary/aromatic N) is 1. The summed E-state index contributed by atoms with van der Waals surface area (Å²) in [6.07, 6.45) is 1.01. The molecule has 0 fully saturated rings. The maximum absolute atomic E-state index is 12.2. The molecule has 0 aliphatic rings. The molecular formula is C14H31N3O. The number of amides is 1. The molecular weight excluding hydrogens is 226 g/mol. The van der Waals surface area contributed by atoms with Gasteiger partial charge >= 0.3 is 0 Å². The zero-order chi connectivity index (χ0) is 14.3. The van der Waals surface area contributed by atoms with Crippen molar-refractivity contribution in [3.05, 3.63) is 0 Å². The van der Waals surface area contributed by atoms with Crippen molar-refractivity contribution in [3.8, 4) is 0 Å². The summed E-state index contributed by atoms with van der Waals surface area (Å²) in [5.41, 5.74) is -0.504. The first kappa shape index (κ1) is 17.4. The van der Waals surface area contributed by atoms with Crippen molar-refractivity contribution in [2.45, 2.75) is 52.6 Å². The summed E-state index contributed by atoms with van der Waals surface area (Å²) in [7, 11) is 4.07. The van der Waals surface area contributed by atoms with Gasteiger partial charge in [0.25, 0.3) is 0 Å². The van der Waals surface area contributed by atoms with Crippen LogP contribution in [0, 0.1) is 5.92 Å². The molecule has 0 bridgehead atoms. The highest BCUT2D eigenvalue weighted by atomic mass is 16.2. The van der Waals surface area contributed by atoms with Gasteiger partial charge in [0.2, 0.25) is 5.91 Å². The molecule has 0 aromatic rings. The first-order valence-electron chi connectivity index (χ1n) is 6.89. The van der Waals surface area contributed by atoms with E-state index in [2.05, 4.69) is 29.4 Å². The average molecular weight is 257 g/mol. The molecule has 0 aliphatic carbocycles. The predicted octanol–water partition coefficient (Wildman–Crippen LogP) is 1.47. The van der Waals surface area contributed by atoms with Crippen LogP contribution in [0.2, 0.25) is 0 Å². The Morgan fingerprint density at radius 1 is 1.28 bits per heavy atom. The molecule has 1 unspecified atom stereocenters. The molecule has 18 heavy (non-hydrogen) atoms. The zero-order valence-corrected chi connectivity index (χ0v) is 13.1. The fraction of sp³-hybridized carbons (Fsp3) is 0.929. The van der Waals surface area contributed by atoms with E-state index in [1.54, 1.807) is 0 Å². The number of carbonyl (C=O) groups is 1. The van der Waals surface area contributed by atoms with Gasteiger partial charge in [-0.15, -0.1) is 0 Å². The normalized spacial score (nSPS) is 14.1. The molecule has 0 heterocycles. The average Bonchev–Trinajstić information content (AvgIpc) is 2.14. The molecule has 0 radical (unpaired) electrons. The molecule has 0 aliphatic heterocycles. The Balaban J connectivity index is 4.51. The summed E-state index contributed by atoms with van der Waals surface area (Å²) in [4.78, 5) is 14.4. The summed E-state index contributed by atoms with van der Waals surface area (Å²) >= 11 is 0. The highest BCUT2D eigenvalue weighted by molar-refractivity contribution is 5.85. The van der Waals surface area contributed by atoms with Crippen LogP contribution in [-0.2, 0) is 4.79 Å². The van der Waals surface area contributed by atoms with Crippen molar-refractivity contribution in [3.63, 3.8) is 0 Å². The van der Waals surface area contributed by atoms with Gasteiger partial charge in [0.15, 0.2) is 0 Å². The molecule has 2 N–H and O–H groups in total. The van der Waals surface area contributed by atoms with Crippen molar-refractivity contribution in [2.24, 2.45) is 5.92 Å². The lowest BCUT2D eigenvalue weighted by molar-refractivity contribution is -0.127. The second kappa shape index (κ2) is 7.74. The van der Waals surface area contributed by atoms with Crippen LogP contribution in [0.4, 0.5) is 0 Å². The number of nitrogens with one attached hydrogen (secondary N) is 2. The zero-order valence-electron chi connectivity index (χ0n) is 13.1. The van der Waals surface area contributed by atoms with Crippen LogP contribution >= 0.6 is 0 Å². The van der Waals surface area contributed by atoms with Gasteiger partial charge in [-0.3, -0.25) is 4.79 Å². The number of rotatable bonds is 8. The number of likely N-dealkylation sites (N-methyl/N-ethyl adjacent to an activating group) is 2. The van der Waals surface area contributed by atoms with Crippen molar-refractivity contribution in [2.75, 3.05) is 27.2 Å². The van der Waals surface area contributed by atoms with Gasteiger partial charge in [0.1, 0.15) is 0 Å². The number of carbonyl (C=O) groups excluding carboxylic acids is 1. The monoisotopic (exact) mass is 257 g/mol. The Morgan fingerprint density at radius 2 is 1.83 bits per heavy atom. The van der Waals surface area contributed by atoms with Crippen LogP contribution in [0.5, 0.6) is 0 Å². The van der Waals surface area contributed by atoms with Gasteiger partial charge in [0, 0.05) is 12.6 Å². The van der Waals surface area contributed by atoms with Gasteiger partial charge in [-0.2, -0.15) is 0 Å². The molecule has 0 saturated carbocycles. The molecule has 1 atom stereocenters. The van der Waals surface area contributed by atoms with Crippen molar-refractivity contribution in [1.82, 2.24) is 15.5 Å². The third kappa shape index (κ3) is 6.97. The summed E-state index contributed by atoms with van der Waals surface area (Å²) in [5, 5.41) is 6.37. The van der Waals surface area contributed by atoms with Crippen LogP contribution in [0.15, 0.2) is 0 Å². The molecule has 4 nitrogen and oxygen atoms in total. The first-order chi connectivity index (χ1) is 8.19. The summed E-state index contributed by atoms with van der Waals surface area (Å²) in [5.74, 6) is 0.661. The van der Waals surface area contributed by atoms with E-state index in [9.17, 15) is 4.79 Å². The Morgan fingerprint density at radius 3 is 2.22 bits per heavy atom. The van der Waals surface area contributed by atoms with E-state index in [4.69, 9.17) is 0 Å². The van der Waals surface area contributed by atoms with Crippen molar-refractivity contribution >= 4 is 5.91 Å². The molecule has 0 aromatic heterocycles. The molecule has 108 valence electrons. The third-order valence-electron chi connectivity index (χ3n) is 2.86. The standard InChI is InChI=1S/C14H31N3O/c1-8-15-14(4,5)13(18)16-12(9-11(2)3)10-17(6)7/h11-12,15H,8-10H2,1-7H3,(H,16,18). The minimum atomic E-state index is -0.504. The summed E-state index contributed by atoms with van der Waals surface area (Å²) in [6, 6.07) is 0.213. The topological polar surface area (TPSA) is 44.4 Å². The molecule has 4 heteroatoms. The van der Waals surface area contributed by atoms with E-state index in [0.29, 0.717) is 5.92 Å². The fourth-order valence-corrected chi connectivity index (χ4v) is 2.08. The second-order valence-electron chi connectivity index (χ2n) is 6.22. The Labute approximate surface area is 113 Å². The SMILES string of the molecule is CCNC(C)(C)C(=O)NC(CC(C)C)CN(C)C. The molecule has 0 aromatic carbocycles. The maximum Gasteiger partial charge on any atom is 0.239 e. The molecule has 0 saturated heterocycles. The van der Waals surface area contributed by atoms with Gasteiger partial charge in [-0.25, -0.2) is 0 Å². The Hall–Kier alpha value is -0.610. The van der Waals surface area contributed by atoms with E-state index < -0.39 is 5.54 Å². The first-order valence-corrected chi connectivity index (χ1v) is 6.89. The minimum Gasteiger partial charge on any atom is -0.350 e. The van der Waals surface area contributed by atoms with Crippen LogP contribution in [0.3, 0.4) is 0 Å². The van der Waals surface area contributed by atoms with Gasteiger partial charge in [-0.05, 0) is 46.8 Å². The van der Waals surface area contributed by atoms with Crippen LogP contribution < -0.4 is 10.6 Å². The lowest BCUT2D eigenvalue weighted by Crippen LogP contribution is -2.56. The highest BCUT2D eigenvalue weighted by Gasteiger charge is 2.28. The minimum absolute atomic E-state index is 0.0804. The summed E-state index contributed by atoms with van der Waals surface area (Å²) < 4.78 is 0.